The Hall–Kier alpha value is -2.01. The SMILES string of the molecule is CCNC(=NCc1ccc(C)cc1OCC(F)(F)F)NCCOCCS(C)(=O)=O. The number of nitrogens with zero attached hydrogens (tertiary/aromatic N) is 1. The van der Waals surface area contributed by atoms with E-state index in [1.165, 1.54) is 0 Å². The highest BCUT2D eigenvalue weighted by molar-refractivity contribution is 7.90. The number of nitrogens with one attached hydrogen (secondary N) is 2. The van der Waals surface area contributed by atoms with Crippen LogP contribution in [0.15, 0.2) is 23.2 Å². The third-order valence-electron chi connectivity index (χ3n) is 3.50. The zero-order valence-electron chi connectivity index (χ0n) is 16.8. The molecule has 7 nitrogen and oxygen atoms in total. The third-order valence-corrected chi connectivity index (χ3v) is 4.41. The van der Waals surface area contributed by atoms with E-state index in [-0.39, 0.29) is 31.3 Å². The maximum Gasteiger partial charge on any atom is 0.422 e. The van der Waals surface area contributed by atoms with Gasteiger partial charge in [-0.2, -0.15) is 13.2 Å². The topological polar surface area (TPSA) is 89.0 Å². The lowest BCUT2D eigenvalue weighted by Crippen LogP contribution is -2.39. The van der Waals surface area contributed by atoms with Crippen LogP contribution >= 0.6 is 0 Å². The molecule has 0 radical (unpaired) electrons. The second kappa shape index (κ2) is 11.9. The molecule has 0 aromatic heterocycles. The maximum absolute atomic E-state index is 12.5. The Balaban J connectivity index is 2.63. The molecule has 29 heavy (non-hydrogen) atoms. The number of aliphatic imine (C=N–C) groups is 1. The summed E-state index contributed by atoms with van der Waals surface area (Å²) in [5.74, 6) is 0.558. The van der Waals surface area contributed by atoms with Crippen molar-refractivity contribution in [2.75, 3.05) is 44.9 Å². The number of hydrogen-bond acceptors (Lipinski definition) is 5. The number of aryl methyl sites for hydroxylation is 1. The first-order valence-corrected chi connectivity index (χ1v) is 11.1. The van der Waals surface area contributed by atoms with E-state index < -0.39 is 22.6 Å². The van der Waals surface area contributed by atoms with Gasteiger partial charge in [0.1, 0.15) is 15.6 Å². The van der Waals surface area contributed by atoms with Crippen molar-refractivity contribution in [2.45, 2.75) is 26.6 Å². The molecule has 1 aromatic carbocycles. The number of benzene rings is 1. The number of alkyl halides is 3. The monoisotopic (exact) mass is 439 g/mol. The molecule has 166 valence electrons. The van der Waals surface area contributed by atoms with E-state index in [0.29, 0.717) is 24.6 Å². The van der Waals surface area contributed by atoms with E-state index in [9.17, 15) is 21.6 Å². The highest BCUT2D eigenvalue weighted by Gasteiger charge is 2.28. The molecular formula is C18H28F3N3O4S. The van der Waals surface area contributed by atoms with Crippen LogP contribution in [0.1, 0.15) is 18.1 Å². The van der Waals surface area contributed by atoms with Crippen LogP contribution in [0.2, 0.25) is 0 Å². The second-order valence-electron chi connectivity index (χ2n) is 6.38. The maximum atomic E-state index is 12.5. The summed E-state index contributed by atoms with van der Waals surface area (Å²) in [6.07, 6.45) is -3.28. The molecule has 1 aromatic rings. The molecule has 0 aliphatic rings. The Kier molecular flexibility index (Phi) is 10.2. The van der Waals surface area contributed by atoms with Gasteiger partial charge in [0.2, 0.25) is 0 Å². The highest BCUT2D eigenvalue weighted by Crippen LogP contribution is 2.24. The smallest absolute Gasteiger partial charge is 0.422 e. The van der Waals surface area contributed by atoms with Crippen molar-refractivity contribution in [1.29, 1.82) is 0 Å². The van der Waals surface area contributed by atoms with Crippen molar-refractivity contribution in [3.8, 4) is 5.75 Å². The Labute approximate surface area is 169 Å². The molecule has 0 saturated heterocycles. The van der Waals surface area contributed by atoms with E-state index in [1.807, 2.05) is 6.92 Å². The molecule has 1 rings (SSSR count). The molecule has 0 spiro atoms. The van der Waals surface area contributed by atoms with Crippen LogP contribution in [0.25, 0.3) is 0 Å². The Morgan fingerprint density at radius 1 is 1.21 bits per heavy atom. The fourth-order valence-electron chi connectivity index (χ4n) is 2.15. The molecule has 0 aliphatic heterocycles. The van der Waals surface area contributed by atoms with E-state index in [4.69, 9.17) is 9.47 Å². The lowest BCUT2D eigenvalue weighted by atomic mass is 10.1. The van der Waals surface area contributed by atoms with Crippen molar-refractivity contribution in [2.24, 2.45) is 4.99 Å². The summed E-state index contributed by atoms with van der Waals surface area (Å²) in [5.41, 5.74) is 1.31. The predicted molar refractivity (Wildman–Crippen MR) is 106 cm³/mol. The minimum absolute atomic E-state index is 0.0463. The van der Waals surface area contributed by atoms with Crippen molar-refractivity contribution < 1.29 is 31.1 Å². The summed E-state index contributed by atoms with van der Waals surface area (Å²) in [6.45, 7) is 3.77. The van der Waals surface area contributed by atoms with Gasteiger partial charge < -0.3 is 20.1 Å². The molecule has 0 amide bonds. The minimum Gasteiger partial charge on any atom is -0.484 e. The van der Waals surface area contributed by atoms with Crippen LogP contribution in [0, 0.1) is 6.92 Å². The summed E-state index contributed by atoms with van der Waals surface area (Å²) in [7, 11) is -3.06. The summed E-state index contributed by atoms with van der Waals surface area (Å²) in [5, 5.41) is 6.04. The van der Waals surface area contributed by atoms with E-state index in [0.717, 1.165) is 11.8 Å². The first kappa shape index (κ1) is 25.0. The molecule has 0 saturated carbocycles. The minimum atomic E-state index is -4.42. The zero-order valence-corrected chi connectivity index (χ0v) is 17.6. The summed E-state index contributed by atoms with van der Waals surface area (Å²) in [4.78, 5) is 4.36. The van der Waals surface area contributed by atoms with Crippen LogP contribution < -0.4 is 15.4 Å². The first-order chi connectivity index (χ1) is 13.5. The van der Waals surface area contributed by atoms with Crippen LogP contribution in [0.3, 0.4) is 0 Å². The van der Waals surface area contributed by atoms with E-state index in [1.54, 1.807) is 25.1 Å². The van der Waals surface area contributed by atoms with Gasteiger partial charge in [0.05, 0.1) is 25.5 Å². The Morgan fingerprint density at radius 3 is 2.55 bits per heavy atom. The Morgan fingerprint density at radius 2 is 1.93 bits per heavy atom. The fourth-order valence-corrected chi connectivity index (χ4v) is 2.57. The summed E-state index contributed by atoms with van der Waals surface area (Å²) in [6, 6.07) is 5.01. The average molecular weight is 440 g/mol. The van der Waals surface area contributed by atoms with Crippen molar-refractivity contribution >= 4 is 15.8 Å². The molecule has 0 bridgehead atoms. The van der Waals surface area contributed by atoms with Gasteiger partial charge >= 0.3 is 6.18 Å². The molecule has 0 aliphatic carbocycles. The van der Waals surface area contributed by atoms with Gasteiger partial charge in [-0.3, -0.25) is 0 Å². The molecule has 0 heterocycles. The van der Waals surface area contributed by atoms with Gasteiger partial charge in [0, 0.05) is 24.9 Å². The van der Waals surface area contributed by atoms with Crippen LogP contribution in [0.5, 0.6) is 5.75 Å². The van der Waals surface area contributed by atoms with Gasteiger partial charge in [0.25, 0.3) is 0 Å². The number of ether oxygens (including phenoxy) is 2. The molecule has 11 heteroatoms. The summed E-state index contributed by atoms with van der Waals surface area (Å²) >= 11 is 0. The summed E-state index contributed by atoms with van der Waals surface area (Å²) < 4.78 is 69.6. The quantitative estimate of drug-likeness (QED) is 0.312. The normalized spacial score (nSPS) is 12.7. The van der Waals surface area contributed by atoms with Gasteiger partial charge in [0.15, 0.2) is 12.6 Å². The molecule has 2 N–H and O–H groups in total. The molecular weight excluding hydrogens is 411 g/mol. The van der Waals surface area contributed by atoms with Crippen molar-refractivity contribution in [3.05, 3.63) is 29.3 Å². The number of guanidine groups is 1. The van der Waals surface area contributed by atoms with Gasteiger partial charge in [-0.25, -0.2) is 13.4 Å². The van der Waals surface area contributed by atoms with Gasteiger partial charge in [-0.1, -0.05) is 12.1 Å². The van der Waals surface area contributed by atoms with Crippen LogP contribution in [-0.2, 0) is 21.1 Å². The number of rotatable bonds is 11. The first-order valence-electron chi connectivity index (χ1n) is 9.07. The van der Waals surface area contributed by atoms with Crippen LogP contribution in [0.4, 0.5) is 13.2 Å². The number of halogens is 3. The fraction of sp³-hybridized carbons (Fsp3) is 0.611. The molecule has 0 unspecified atom stereocenters. The van der Waals surface area contributed by atoms with Crippen molar-refractivity contribution in [3.63, 3.8) is 0 Å². The Bertz CT molecular complexity index is 768. The van der Waals surface area contributed by atoms with Crippen LogP contribution in [-0.4, -0.2) is 65.5 Å². The molecule has 0 atom stereocenters. The number of hydrogen-bond donors (Lipinski definition) is 2. The van der Waals surface area contributed by atoms with Gasteiger partial charge in [-0.05, 0) is 25.5 Å². The van der Waals surface area contributed by atoms with E-state index in [2.05, 4.69) is 15.6 Å². The predicted octanol–water partition coefficient (Wildman–Crippen LogP) is 2.05. The lowest BCUT2D eigenvalue weighted by Gasteiger charge is -2.14. The lowest BCUT2D eigenvalue weighted by molar-refractivity contribution is -0.153. The van der Waals surface area contributed by atoms with Gasteiger partial charge in [-0.15, -0.1) is 0 Å². The highest BCUT2D eigenvalue weighted by atomic mass is 32.2. The largest absolute Gasteiger partial charge is 0.484 e. The van der Waals surface area contributed by atoms with E-state index >= 15 is 0 Å². The standard InChI is InChI=1S/C18H28F3N3O4S/c1-4-22-17(23-7-8-27-9-10-29(3,25)26)24-12-15-6-5-14(2)11-16(15)28-13-18(19,20)21/h5-6,11H,4,7-10,12-13H2,1-3H3,(H2,22,23,24). The second-order valence-corrected chi connectivity index (χ2v) is 8.64. The molecule has 0 fully saturated rings. The third kappa shape index (κ3) is 12.2. The number of sulfone groups is 1. The average Bonchev–Trinajstić information content (AvgIpc) is 2.60. The van der Waals surface area contributed by atoms with Crippen molar-refractivity contribution in [1.82, 2.24) is 10.6 Å². The zero-order chi connectivity index (χ0) is 21.9.